The molecule has 150 valence electrons. The number of aryl methyl sites for hydroxylation is 2. The molecule has 1 unspecified atom stereocenters. The van der Waals surface area contributed by atoms with E-state index in [9.17, 15) is 9.59 Å². The van der Waals surface area contributed by atoms with Gasteiger partial charge in [0.15, 0.2) is 17.3 Å². The van der Waals surface area contributed by atoms with E-state index in [1.54, 1.807) is 24.3 Å². The van der Waals surface area contributed by atoms with Gasteiger partial charge in [-0.3, -0.25) is 14.0 Å². The minimum Gasteiger partial charge on any atom is -0.342 e. The van der Waals surface area contributed by atoms with Crippen LogP contribution in [0.15, 0.2) is 66.9 Å². The first-order valence-corrected chi connectivity index (χ1v) is 9.77. The van der Waals surface area contributed by atoms with Gasteiger partial charge in [-0.25, -0.2) is 0 Å². The maximum atomic E-state index is 13.2. The third-order valence-electron chi connectivity index (χ3n) is 5.13. The van der Waals surface area contributed by atoms with Gasteiger partial charge in [0.2, 0.25) is 0 Å². The molecule has 4 rings (SSSR count). The molecule has 0 fully saturated rings. The number of amides is 1. The largest absolute Gasteiger partial charge is 0.342 e. The van der Waals surface area contributed by atoms with E-state index in [1.165, 1.54) is 0 Å². The Bertz CT molecular complexity index is 1260. The first-order chi connectivity index (χ1) is 14.5. The zero-order chi connectivity index (χ0) is 21.3. The van der Waals surface area contributed by atoms with Crippen LogP contribution in [-0.4, -0.2) is 26.3 Å². The molecular weight excluding hydrogens is 376 g/mol. The van der Waals surface area contributed by atoms with Gasteiger partial charge in [-0.2, -0.15) is 0 Å². The number of nitrogens with one attached hydrogen (secondary N) is 1. The van der Waals surface area contributed by atoms with Crippen LogP contribution in [-0.2, 0) is 0 Å². The molecule has 0 saturated carbocycles. The minimum absolute atomic E-state index is 0.164. The number of rotatable bonds is 5. The summed E-state index contributed by atoms with van der Waals surface area (Å²) in [5.41, 5.74) is 3.90. The van der Waals surface area contributed by atoms with E-state index in [0.717, 1.165) is 11.1 Å². The van der Waals surface area contributed by atoms with Crippen molar-refractivity contribution in [2.45, 2.75) is 26.8 Å². The van der Waals surface area contributed by atoms with E-state index in [-0.39, 0.29) is 11.7 Å². The highest BCUT2D eigenvalue weighted by Crippen LogP contribution is 2.20. The number of ketones is 1. The molecule has 0 saturated heterocycles. The van der Waals surface area contributed by atoms with Crippen LogP contribution in [0.2, 0.25) is 0 Å². The number of fused-ring (bicyclic) bond motifs is 1. The Labute approximate surface area is 174 Å². The number of hydrogen-bond acceptors (Lipinski definition) is 4. The molecule has 30 heavy (non-hydrogen) atoms. The summed E-state index contributed by atoms with van der Waals surface area (Å²) in [5.74, 6) is 0.129. The summed E-state index contributed by atoms with van der Waals surface area (Å²) in [7, 11) is 0. The summed E-state index contributed by atoms with van der Waals surface area (Å²) in [6, 6.07) is 17.9. The summed E-state index contributed by atoms with van der Waals surface area (Å²) < 4.78 is 1.83. The van der Waals surface area contributed by atoms with E-state index in [1.807, 2.05) is 67.8 Å². The SMILES string of the molecule is Cc1ccc(C)c(C(=O)c2ccccc2C(=O)NC(C)c2nnc3ccccn23)c1. The van der Waals surface area contributed by atoms with Crippen molar-refractivity contribution in [2.75, 3.05) is 0 Å². The highest BCUT2D eigenvalue weighted by atomic mass is 16.2. The fourth-order valence-corrected chi connectivity index (χ4v) is 3.50. The van der Waals surface area contributed by atoms with Crippen molar-refractivity contribution in [3.05, 3.63) is 101 Å². The van der Waals surface area contributed by atoms with Crippen LogP contribution in [0.1, 0.15) is 56.2 Å². The molecule has 0 aliphatic carbocycles. The number of benzene rings is 2. The summed E-state index contributed by atoms with van der Waals surface area (Å²) >= 11 is 0. The molecule has 0 spiro atoms. The molecular formula is C24H22N4O2. The van der Waals surface area contributed by atoms with Gasteiger partial charge in [-0.05, 0) is 50.6 Å². The Balaban J connectivity index is 1.64. The molecule has 6 heteroatoms. The second kappa shape index (κ2) is 7.91. The van der Waals surface area contributed by atoms with E-state index in [4.69, 9.17) is 0 Å². The minimum atomic E-state index is -0.390. The molecule has 1 atom stereocenters. The number of aromatic nitrogens is 3. The van der Waals surface area contributed by atoms with Crippen molar-refractivity contribution < 1.29 is 9.59 Å². The third kappa shape index (κ3) is 3.59. The summed E-state index contributed by atoms with van der Waals surface area (Å²) in [4.78, 5) is 26.3. The normalized spacial score (nSPS) is 12.0. The van der Waals surface area contributed by atoms with Gasteiger partial charge >= 0.3 is 0 Å². The molecule has 2 heterocycles. The zero-order valence-corrected chi connectivity index (χ0v) is 17.1. The van der Waals surface area contributed by atoms with Crippen molar-refractivity contribution in [1.82, 2.24) is 19.9 Å². The average molecular weight is 398 g/mol. The highest BCUT2D eigenvalue weighted by molar-refractivity contribution is 6.16. The number of nitrogens with zero attached hydrogens (tertiary/aromatic N) is 3. The quantitative estimate of drug-likeness (QED) is 0.514. The van der Waals surface area contributed by atoms with Crippen molar-refractivity contribution in [1.29, 1.82) is 0 Å². The first-order valence-electron chi connectivity index (χ1n) is 9.77. The lowest BCUT2D eigenvalue weighted by atomic mass is 9.94. The second-order valence-electron chi connectivity index (χ2n) is 7.38. The highest BCUT2D eigenvalue weighted by Gasteiger charge is 2.22. The van der Waals surface area contributed by atoms with Gasteiger partial charge in [0.05, 0.1) is 11.6 Å². The van der Waals surface area contributed by atoms with Crippen LogP contribution in [0.3, 0.4) is 0 Å². The van der Waals surface area contributed by atoms with Gasteiger partial charge < -0.3 is 5.32 Å². The van der Waals surface area contributed by atoms with Crippen LogP contribution in [0.5, 0.6) is 0 Å². The van der Waals surface area contributed by atoms with Gasteiger partial charge in [0, 0.05) is 17.3 Å². The Hall–Kier alpha value is -3.80. The molecule has 0 radical (unpaired) electrons. The molecule has 2 aromatic carbocycles. The van der Waals surface area contributed by atoms with E-state index >= 15 is 0 Å². The second-order valence-corrected chi connectivity index (χ2v) is 7.38. The van der Waals surface area contributed by atoms with Crippen molar-refractivity contribution in [3.8, 4) is 0 Å². The van der Waals surface area contributed by atoms with Gasteiger partial charge in [-0.15, -0.1) is 10.2 Å². The van der Waals surface area contributed by atoms with Crippen LogP contribution >= 0.6 is 0 Å². The monoisotopic (exact) mass is 398 g/mol. The first kappa shape index (κ1) is 19.5. The zero-order valence-electron chi connectivity index (χ0n) is 17.1. The van der Waals surface area contributed by atoms with Crippen molar-refractivity contribution >= 4 is 17.3 Å². The standard InChI is InChI=1S/C24H22N4O2/c1-15-11-12-16(2)20(14-15)22(29)18-8-4-5-9-19(18)24(30)25-17(3)23-27-26-21-10-6-7-13-28(21)23/h4-14,17H,1-3H3,(H,25,30). The molecule has 0 bridgehead atoms. The molecule has 1 amide bonds. The lowest BCUT2D eigenvalue weighted by Crippen LogP contribution is -2.29. The van der Waals surface area contributed by atoms with E-state index in [0.29, 0.717) is 28.2 Å². The summed E-state index contributed by atoms with van der Waals surface area (Å²) in [6.45, 7) is 5.68. The number of carbonyl (C=O) groups is 2. The topological polar surface area (TPSA) is 76.4 Å². The van der Waals surface area contributed by atoms with Gasteiger partial charge in [0.1, 0.15) is 0 Å². The average Bonchev–Trinajstić information content (AvgIpc) is 3.19. The predicted molar refractivity (Wildman–Crippen MR) is 115 cm³/mol. The lowest BCUT2D eigenvalue weighted by Gasteiger charge is -2.15. The van der Waals surface area contributed by atoms with E-state index < -0.39 is 6.04 Å². The Morgan fingerprint density at radius 2 is 1.63 bits per heavy atom. The fraction of sp³-hybridized carbons (Fsp3) is 0.167. The third-order valence-corrected chi connectivity index (χ3v) is 5.13. The molecule has 4 aromatic rings. The summed E-state index contributed by atoms with van der Waals surface area (Å²) in [6.07, 6.45) is 1.85. The van der Waals surface area contributed by atoms with Crippen LogP contribution in [0.25, 0.3) is 5.65 Å². The van der Waals surface area contributed by atoms with Crippen molar-refractivity contribution in [3.63, 3.8) is 0 Å². The fourth-order valence-electron chi connectivity index (χ4n) is 3.50. The van der Waals surface area contributed by atoms with Crippen LogP contribution < -0.4 is 5.32 Å². The number of pyridine rings is 1. The van der Waals surface area contributed by atoms with Gasteiger partial charge in [0.25, 0.3) is 5.91 Å². The molecule has 6 nitrogen and oxygen atoms in total. The molecule has 2 aromatic heterocycles. The lowest BCUT2D eigenvalue weighted by molar-refractivity contribution is 0.0928. The number of carbonyl (C=O) groups excluding carboxylic acids is 2. The maximum Gasteiger partial charge on any atom is 0.252 e. The Morgan fingerprint density at radius 1 is 0.900 bits per heavy atom. The van der Waals surface area contributed by atoms with Crippen LogP contribution in [0, 0.1) is 13.8 Å². The Kier molecular flexibility index (Phi) is 5.14. The van der Waals surface area contributed by atoms with E-state index in [2.05, 4.69) is 15.5 Å². The smallest absolute Gasteiger partial charge is 0.252 e. The van der Waals surface area contributed by atoms with Crippen molar-refractivity contribution in [2.24, 2.45) is 0 Å². The maximum absolute atomic E-state index is 13.2. The van der Waals surface area contributed by atoms with Crippen LogP contribution in [0.4, 0.5) is 0 Å². The van der Waals surface area contributed by atoms with Gasteiger partial charge in [-0.1, -0.05) is 42.0 Å². The predicted octanol–water partition coefficient (Wildman–Crippen LogP) is 4.07. The molecule has 1 N–H and O–H groups in total. The number of hydrogen-bond donors (Lipinski definition) is 1. The summed E-state index contributed by atoms with van der Waals surface area (Å²) in [5, 5.41) is 11.3. The molecule has 0 aliphatic heterocycles. The molecule has 0 aliphatic rings. The Morgan fingerprint density at radius 3 is 2.43 bits per heavy atom.